The quantitative estimate of drug-likeness (QED) is 0.852. The molecule has 0 radical (unpaired) electrons. The first-order valence-corrected chi connectivity index (χ1v) is 5.12. The maximum atomic E-state index is 10.7. The van der Waals surface area contributed by atoms with Crippen LogP contribution in [0.15, 0.2) is 35.0 Å². The van der Waals surface area contributed by atoms with Crippen molar-refractivity contribution in [3.05, 3.63) is 47.7 Å². The summed E-state index contributed by atoms with van der Waals surface area (Å²) in [4.78, 5) is 14.6. The number of carboxylic acid groups (broad SMARTS) is 1. The van der Waals surface area contributed by atoms with Crippen molar-refractivity contribution < 1.29 is 24.2 Å². The van der Waals surface area contributed by atoms with Gasteiger partial charge in [0.25, 0.3) is 0 Å². The third kappa shape index (κ3) is 2.18. The molecule has 0 aliphatic carbocycles. The van der Waals surface area contributed by atoms with Crippen LogP contribution in [0.2, 0.25) is 0 Å². The van der Waals surface area contributed by atoms with Gasteiger partial charge in [0.15, 0.2) is 0 Å². The summed E-state index contributed by atoms with van der Waals surface area (Å²) >= 11 is 0. The van der Waals surface area contributed by atoms with Gasteiger partial charge in [0.05, 0.1) is 13.3 Å². The molecule has 1 atom stereocenters. The first-order chi connectivity index (χ1) is 8.63. The minimum Gasteiger partial charge on any atom is -0.495 e. The molecule has 1 unspecified atom stereocenters. The van der Waals surface area contributed by atoms with Gasteiger partial charge in [0.2, 0.25) is 5.76 Å². The maximum absolute atomic E-state index is 10.7. The van der Waals surface area contributed by atoms with Crippen molar-refractivity contribution in [2.75, 3.05) is 7.11 Å². The van der Waals surface area contributed by atoms with Gasteiger partial charge in [-0.1, -0.05) is 0 Å². The Hall–Kier alpha value is -2.34. The van der Waals surface area contributed by atoms with Gasteiger partial charge >= 0.3 is 5.97 Å². The Morgan fingerprint density at radius 2 is 2.22 bits per heavy atom. The molecule has 0 saturated carbocycles. The topological polar surface area (TPSA) is 92.8 Å². The Morgan fingerprint density at radius 1 is 1.44 bits per heavy atom. The average Bonchev–Trinajstić information content (AvgIpc) is 2.87. The highest BCUT2D eigenvalue weighted by Gasteiger charge is 2.20. The van der Waals surface area contributed by atoms with E-state index in [1.54, 1.807) is 6.07 Å². The van der Waals surface area contributed by atoms with Crippen LogP contribution in [-0.4, -0.2) is 28.3 Å². The van der Waals surface area contributed by atoms with E-state index in [0.29, 0.717) is 11.3 Å². The van der Waals surface area contributed by atoms with E-state index in [1.165, 1.54) is 31.6 Å². The normalized spacial score (nSPS) is 12.1. The van der Waals surface area contributed by atoms with E-state index in [-0.39, 0.29) is 11.5 Å². The minimum atomic E-state index is -1.19. The smallest absolute Gasteiger partial charge is 0.371 e. The third-order valence-electron chi connectivity index (χ3n) is 2.44. The number of aromatic carboxylic acids is 1. The molecule has 0 fully saturated rings. The van der Waals surface area contributed by atoms with Gasteiger partial charge in [0.1, 0.15) is 17.6 Å². The molecule has 0 aromatic carbocycles. The Balaban J connectivity index is 2.35. The lowest BCUT2D eigenvalue weighted by molar-refractivity contribution is 0.0655. The number of ether oxygens (including phenoxy) is 1. The monoisotopic (exact) mass is 249 g/mol. The molecule has 6 heteroatoms. The highest BCUT2D eigenvalue weighted by molar-refractivity contribution is 5.84. The number of aliphatic hydroxyl groups is 1. The average molecular weight is 249 g/mol. The van der Waals surface area contributed by atoms with Crippen LogP contribution in [0.3, 0.4) is 0 Å². The second-order valence-electron chi connectivity index (χ2n) is 3.53. The summed E-state index contributed by atoms with van der Waals surface area (Å²) in [6.45, 7) is 0. The molecule has 2 rings (SSSR count). The number of hydrogen-bond donors (Lipinski definition) is 2. The largest absolute Gasteiger partial charge is 0.495 e. The Labute approximate surface area is 102 Å². The van der Waals surface area contributed by atoms with Gasteiger partial charge in [-0.15, -0.1) is 0 Å². The van der Waals surface area contributed by atoms with E-state index < -0.39 is 12.1 Å². The molecule has 0 amide bonds. The predicted octanol–water partition coefficient (Wildman–Crippen LogP) is 1.46. The number of pyridine rings is 1. The van der Waals surface area contributed by atoms with E-state index in [1.807, 2.05) is 0 Å². The molecule has 2 heterocycles. The summed E-state index contributed by atoms with van der Waals surface area (Å²) < 4.78 is 10.1. The molecule has 0 bridgehead atoms. The molecule has 0 aliphatic heterocycles. The maximum Gasteiger partial charge on any atom is 0.371 e. The Morgan fingerprint density at radius 3 is 2.83 bits per heavy atom. The Kier molecular flexibility index (Phi) is 3.29. The van der Waals surface area contributed by atoms with Crippen molar-refractivity contribution in [3.8, 4) is 5.75 Å². The van der Waals surface area contributed by atoms with Crippen LogP contribution >= 0.6 is 0 Å². The van der Waals surface area contributed by atoms with E-state index in [0.717, 1.165) is 0 Å². The number of rotatable bonds is 4. The fraction of sp³-hybridized carbons (Fsp3) is 0.167. The molecule has 2 N–H and O–H groups in total. The van der Waals surface area contributed by atoms with Crippen molar-refractivity contribution in [2.45, 2.75) is 6.10 Å². The van der Waals surface area contributed by atoms with Crippen LogP contribution < -0.4 is 4.74 Å². The van der Waals surface area contributed by atoms with Gasteiger partial charge in [-0.25, -0.2) is 4.79 Å². The van der Waals surface area contributed by atoms with Crippen LogP contribution in [-0.2, 0) is 0 Å². The summed E-state index contributed by atoms with van der Waals surface area (Å²) in [6.07, 6.45) is 1.86. The second-order valence-corrected chi connectivity index (χ2v) is 3.53. The zero-order chi connectivity index (χ0) is 13.1. The van der Waals surface area contributed by atoms with Gasteiger partial charge < -0.3 is 19.4 Å². The number of aromatic nitrogens is 1. The highest BCUT2D eigenvalue weighted by atomic mass is 16.5. The number of hydrogen-bond acceptors (Lipinski definition) is 5. The number of carbonyl (C=O) groups is 1. The molecular weight excluding hydrogens is 238 g/mol. The van der Waals surface area contributed by atoms with Crippen LogP contribution in [0.25, 0.3) is 0 Å². The molecule has 18 heavy (non-hydrogen) atoms. The van der Waals surface area contributed by atoms with E-state index in [4.69, 9.17) is 14.3 Å². The van der Waals surface area contributed by atoms with Gasteiger partial charge in [-0.05, 0) is 18.2 Å². The number of carboxylic acids is 1. The number of aliphatic hydroxyl groups excluding tert-OH is 1. The van der Waals surface area contributed by atoms with E-state index in [2.05, 4.69) is 4.98 Å². The van der Waals surface area contributed by atoms with Crippen LogP contribution in [0.1, 0.15) is 28.0 Å². The summed E-state index contributed by atoms with van der Waals surface area (Å²) in [5.74, 6) is -0.873. The molecule has 94 valence electrons. The highest BCUT2D eigenvalue weighted by Crippen LogP contribution is 2.29. The summed E-state index contributed by atoms with van der Waals surface area (Å²) in [5.41, 5.74) is 0.457. The molecule has 2 aromatic heterocycles. The first kappa shape index (κ1) is 12.1. The second kappa shape index (κ2) is 4.89. The molecule has 0 spiro atoms. The number of methoxy groups -OCH3 is 1. The lowest BCUT2D eigenvalue weighted by atomic mass is 10.1. The SMILES string of the molecule is COc1cnccc1C(O)c1ccc(C(=O)O)o1. The molecule has 0 aliphatic rings. The zero-order valence-corrected chi connectivity index (χ0v) is 9.53. The molecule has 2 aromatic rings. The molecular formula is C12H11NO5. The minimum absolute atomic E-state index is 0.136. The summed E-state index contributed by atoms with van der Waals surface area (Å²) in [7, 11) is 1.46. The van der Waals surface area contributed by atoms with E-state index in [9.17, 15) is 9.90 Å². The van der Waals surface area contributed by atoms with Crippen molar-refractivity contribution in [2.24, 2.45) is 0 Å². The summed E-state index contributed by atoms with van der Waals surface area (Å²) in [5, 5.41) is 18.8. The van der Waals surface area contributed by atoms with Gasteiger partial charge in [-0.2, -0.15) is 0 Å². The van der Waals surface area contributed by atoms with Crippen molar-refractivity contribution >= 4 is 5.97 Å². The number of nitrogens with zero attached hydrogens (tertiary/aromatic N) is 1. The lowest BCUT2D eigenvalue weighted by Gasteiger charge is -2.11. The Bertz CT molecular complexity index is 563. The number of furan rings is 1. The van der Waals surface area contributed by atoms with E-state index >= 15 is 0 Å². The van der Waals surface area contributed by atoms with Crippen LogP contribution in [0, 0.1) is 0 Å². The summed E-state index contributed by atoms with van der Waals surface area (Å²) in [6, 6.07) is 4.27. The first-order valence-electron chi connectivity index (χ1n) is 5.12. The van der Waals surface area contributed by atoms with Gasteiger partial charge in [-0.3, -0.25) is 4.98 Å². The fourth-order valence-electron chi connectivity index (χ4n) is 1.56. The predicted molar refractivity (Wildman–Crippen MR) is 60.5 cm³/mol. The molecule has 6 nitrogen and oxygen atoms in total. The third-order valence-corrected chi connectivity index (χ3v) is 2.44. The fourth-order valence-corrected chi connectivity index (χ4v) is 1.56. The van der Waals surface area contributed by atoms with Crippen LogP contribution in [0.4, 0.5) is 0 Å². The van der Waals surface area contributed by atoms with Crippen molar-refractivity contribution in [1.82, 2.24) is 4.98 Å². The van der Waals surface area contributed by atoms with Crippen molar-refractivity contribution in [1.29, 1.82) is 0 Å². The lowest BCUT2D eigenvalue weighted by Crippen LogP contribution is -2.02. The molecule has 0 saturated heterocycles. The standard InChI is InChI=1S/C12H11NO5/c1-17-10-6-13-5-4-7(10)11(14)8-2-3-9(18-8)12(15)16/h2-6,11,14H,1H3,(H,15,16). The zero-order valence-electron chi connectivity index (χ0n) is 9.53. The van der Waals surface area contributed by atoms with Gasteiger partial charge in [0, 0.05) is 11.8 Å². The van der Waals surface area contributed by atoms with Crippen LogP contribution in [0.5, 0.6) is 5.75 Å². The van der Waals surface area contributed by atoms with Crippen molar-refractivity contribution in [3.63, 3.8) is 0 Å².